The minimum Gasteiger partial charge on any atom is -0.392 e. The smallest absolute Gasteiger partial charge is 0.164 e. The highest BCUT2D eigenvalue weighted by molar-refractivity contribution is 5.34. The Balaban J connectivity index is 3.56. The van der Waals surface area contributed by atoms with Crippen LogP contribution in [0.3, 0.4) is 0 Å². The van der Waals surface area contributed by atoms with Crippen LogP contribution in [0.4, 0.5) is 13.2 Å². The summed E-state index contributed by atoms with van der Waals surface area (Å²) in [5.41, 5.74) is -0.758. The van der Waals surface area contributed by atoms with Gasteiger partial charge in [-0.1, -0.05) is 0 Å². The van der Waals surface area contributed by atoms with Crippen LogP contribution in [-0.4, -0.2) is 5.11 Å². The van der Waals surface area contributed by atoms with Crippen LogP contribution in [0.2, 0.25) is 0 Å². The number of benzene rings is 1. The van der Waals surface area contributed by atoms with E-state index in [4.69, 9.17) is 5.11 Å². The molecule has 0 amide bonds. The number of aliphatic hydroxyl groups excluding tert-OH is 1. The van der Waals surface area contributed by atoms with E-state index < -0.39 is 29.6 Å². The minimum atomic E-state index is -1.19. The second-order valence-corrected chi connectivity index (χ2v) is 2.83. The lowest BCUT2D eigenvalue weighted by molar-refractivity contribution is 0.272. The summed E-state index contributed by atoms with van der Waals surface area (Å²) in [6.07, 6.45) is 0. The highest BCUT2D eigenvalue weighted by atomic mass is 19.2. The molecule has 0 radical (unpaired) electrons. The molecule has 0 atom stereocenters. The quantitative estimate of drug-likeness (QED) is 0.673. The molecule has 0 spiro atoms. The van der Waals surface area contributed by atoms with Gasteiger partial charge in [0, 0.05) is 11.1 Å². The van der Waals surface area contributed by atoms with Crippen LogP contribution < -0.4 is 0 Å². The maximum Gasteiger partial charge on any atom is 0.164 e. The molecule has 0 saturated carbocycles. The van der Waals surface area contributed by atoms with Crippen molar-refractivity contribution in [3.63, 3.8) is 0 Å². The lowest BCUT2D eigenvalue weighted by Gasteiger charge is -2.09. The maximum absolute atomic E-state index is 13.1. The van der Waals surface area contributed by atoms with Gasteiger partial charge in [-0.25, -0.2) is 13.2 Å². The Morgan fingerprint density at radius 2 is 1.38 bits per heavy atom. The van der Waals surface area contributed by atoms with Crippen molar-refractivity contribution in [2.75, 3.05) is 0 Å². The number of halogens is 3. The zero-order chi connectivity index (χ0) is 10.2. The van der Waals surface area contributed by atoms with E-state index in [0.29, 0.717) is 0 Å². The molecule has 0 fully saturated rings. The Labute approximate surface area is 73.8 Å². The second-order valence-electron chi connectivity index (χ2n) is 2.83. The van der Waals surface area contributed by atoms with Gasteiger partial charge in [-0.3, -0.25) is 0 Å². The van der Waals surface area contributed by atoms with E-state index in [2.05, 4.69) is 0 Å². The molecule has 0 bridgehead atoms. The van der Waals surface area contributed by atoms with Crippen LogP contribution in [0, 0.1) is 31.3 Å². The molecule has 1 rings (SSSR count). The average Bonchev–Trinajstić information content (AvgIpc) is 2.13. The molecular formula is C9H9F3O. The number of aliphatic hydroxyl groups is 1. The summed E-state index contributed by atoms with van der Waals surface area (Å²) in [6.45, 7) is 1.73. The molecule has 4 heteroatoms. The van der Waals surface area contributed by atoms with Crippen molar-refractivity contribution in [2.24, 2.45) is 0 Å². The summed E-state index contributed by atoms with van der Waals surface area (Å²) in [5.74, 6) is -3.16. The van der Waals surface area contributed by atoms with Crippen LogP contribution in [0.15, 0.2) is 0 Å². The average molecular weight is 190 g/mol. The molecule has 0 aromatic heterocycles. The van der Waals surface area contributed by atoms with Crippen molar-refractivity contribution >= 4 is 0 Å². The van der Waals surface area contributed by atoms with Crippen LogP contribution in [0.5, 0.6) is 0 Å². The highest BCUT2D eigenvalue weighted by Crippen LogP contribution is 2.23. The van der Waals surface area contributed by atoms with Gasteiger partial charge in [-0.15, -0.1) is 0 Å². The fourth-order valence-electron chi connectivity index (χ4n) is 1.14. The van der Waals surface area contributed by atoms with Crippen molar-refractivity contribution < 1.29 is 18.3 Å². The first-order valence-electron chi connectivity index (χ1n) is 3.74. The van der Waals surface area contributed by atoms with Gasteiger partial charge in [-0.2, -0.15) is 0 Å². The molecule has 72 valence electrons. The van der Waals surface area contributed by atoms with Gasteiger partial charge in [0.1, 0.15) is 5.82 Å². The minimum absolute atomic E-state index is 0.178. The number of rotatable bonds is 1. The molecular weight excluding hydrogens is 181 g/mol. The molecule has 0 aliphatic heterocycles. The lowest BCUT2D eigenvalue weighted by Crippen LogP contribution is -2.04. The van der Waals surface area contributed by atoms with Gasteiger partial charge in [0.25, 0.3) is 0 Å². The van der Waals surface area contributed by atoms with Crippen molar-refractivity contribution in [3.8, 4) is 0 Å². The van der Waals surface area contributed by atoms with Gasteiger partial charge >= 0.3 is 0 Å². The summed E-state index contributed by atoms with van der Waals surface area (Å²) in [7, 11) is 0. The topological polar surface area (TPSA) is 20.2 Å². The third-order valence-corrected chi connectivity index (χ3v) is 2.06. The fourth-order valence-corrected chi connectivity index (χ4v) is 1.14. The van der Waals surface area contributed by atoms with Gasteiger partial charge in [-0.05, 0) is 19.4 Å². The lowest BCUT2D eigenvalue weighted by atomic mass is 10.0. The molecule has 1 aromatic carbocycles. The fraction of sp³-hybridized carbons (Fsp3) is 0.333. The number of hydrogen-bond donors (Lipinski definition) is 1. The first-order chi connectivity index (χ1) is 6.00. The summed E-state index contributed by atoms with van der Waals surface area (Å²) in [6, 6.07) is 0. The Bertz CT molecular complexity index is 318. The van der Waals surface area contributed by atoms with E-state index in [9.17, 15) is 13.2 Å². The molecule has 0 heterocycles. The predicted molar refractivity (Wildman–Crippen MR) is 41.7 cm³/mol. The monoisotopic (exact) mass is 190 g/mol. The van der Waals surface area contributed by atoms with E-state index >= 15 is 0 Å². The summed E-state index contributed by atoms with van der Waals surface area (Å²) in [4.78, 5) is 0. The molecule has 0 unspecified atom stereocenters. The van der Waals surface area contributed by atoms with Crippen molar-refractivity contribution in [2.45, 2.75) is 20.5 Å². The van der Waals surface area contributed by atoms with Crippen LogP contribution in [0.1, 0.15) is 16.7 Å². The molecule has 1 N–H and O–H groups in total. The molecule has 1 aromatic rings. The predicted octanol–water partition coefficient (Wildman–Crippen LogP) is 2.21. The highest BCUT2D eigenvalue weighted by Gasteiger charge is 2.18. The zero-order valence-corrected chi connectivity index (χ0v) is 7.29. The largest absolute Gasteiger partial charge is 0.392 e. The van der Waals surface area contributed by atoms with Crippen LogP contribution >= 0.6 is 0 Å². The normalized spacial score (nSPS) is 10.6. The third kappa shape index (κ3) is 1.42. The van der Waals surface area contributed by atoms with Crippen molar-refractivity contribution in [3.05, 3.63) is 34.1 Å². The summed E-state index contributed by atoms with van der Waals surface area (Å²) < 4.78 is 39.0. The van der Waals surface area contributed by atoms with E-state index in [1.807, 2.05) is 0 Å². The Morgan fingerprint density at radius 1 is 0.923 bits per heavy atom. The molecule has 0 aliphatic rings. The summed E-state index contributed by atoms with van der Waals surface area (Å²) in [5, 5.41) is 8.71. The number of hydrogen-bond acceptors (Lipinski definition) is 1. The summed E-state index contributed by atoms with van der Waals surface area (Å²) >= 11 is 0. The Hall–Kier alpha value is -1.03. The maximum atomic E-state index is 13.1. The first-order valence-corrected chi connectivity index (χ1v) is 3.74. The Kier molecular flexibility index (Phi) is 2.61. The molecule has 0 aliphatic carbocycles. The van der Waals surface area contributed by atoms with Crippen molar-refractivity contribution in [1.82, 2.24) is 0 Å². The van der Waals surface area contributed by atoms with Crippen molar-refractivity contribution in [1.29, 1.82) is 0 Å². The van der Waals surface area contributed by atoms with Gasteiger partial charge < -0.3 is 5.11 Å². The Morgan fingerprint density at radius 3 is 1.85 bits per heavy atom. The van der Waals surface area contributed by atoms with E-state index in [1.165, 1.54) is 6.92 Å². The van der Waals surface area contributed by atoms with Gasteiger partial charge in [0.2, 0.25) is 0 Å². The van der Waals surface area contributed by atoms with Gasteiger partial charge in [0.15, 0.2) is 11.6 Å². The van der Waals surface area contributed by atoms with E-state index in [-0.39, 0.29) is 11.1 Å². The standard InChI is InChI=1S/C9H9F3O/c1-4-6(3-13)7(10)5(2)9(12)8(4)11/h13H,3H2,1-2H3. The zero-order valence-electron chi connectivity index (χ0n) is 7.29. The SMILES string of the molecule is Cc1c(F)c(F)c(C)c(CO)c1F. The van der Waals surface area contributed by atoms with Crippen LogP contribution in [0.25, 0.3) is 0 Å². The second kappa shape index (κ2) is 3.38. The van der Waals surface area contributed by atoms with Gasteiger partial charge in [0.05, 0.1) is 6.61 Å². The molecule has 1 nitrogen and oxygen atoms in total. The van der Waals surface area contributed by atoms with Crippen LogP contribution in [-0.2, 0) is 6.61 Å². The van der Waals surface area contributed by atoms with E-state index in [1.54, 1.807) is 0 Å². The first kappa shape index (κ1) is 10.1. The molecule has 13 heavy (non-hydrogen) atoms. The molecule has 0 saturated heterocycles. The third-order valence-electron chi connectivity index (χ3n) is 2.06. The van der Waals surface area contributed by atoms with E-state index in [0.717, 1.165) is 6.92 Å².